The Morgan fingerprint density at radius 2 is 1.65 bits per heavy atom. The SMILES string of the molecule is CCOc1ccc(C(NN)c2c(C)cccc2C)cc1. The number of hydrazine groups is 1. The van der Waals surface area contributed by atoms with Gasteiger partial charge in [-0.2, -0.15) is 0 Å². The van der Waals surface area contributed by atoms with Crippen LogP contribution in [0.25, 0.3) is 0 Å². The highest BCUT2D eigenvalue weighted by molar-refractivity contribution is 5.42. The zero-order chi connectivity index (χ0) is 14.5. The molecule has 0 aliphatic heterocycles. The third-order valence-electron chi connectivity index (χ3n) is 3.52. The molecular formula is C17H22N2O. The van der Waals surface area contributed by atoms with E-state index in [9.17, 15) is 0 Å². The second kappa shape index (κ2) is 6.55. The van der Waals surface area contributed by atoms with E-state index >= 15 is 0 Å². The summed E-state index contributed by atoms with van der Waals surface area (Å²) in [6.07, 6.45) is 0. The molecule has 0 heterocycles. The van der Waals surface area contributed by atoms with Gasteiger partial charge in [0.05, 0.1) is 12.6 Å². The Bertz CT molecular complexity index is 543. The molecule has 0 radical (unpaired) electrons. The predicted molar refractivity (Wildman–Crippen MR) is 82.7 cm³/mol. The van der Waals surface area contributed by atoms with Gasteiger partial charge in [0.25, 0.3) is 0 Å². The standard InChI is InChI=1S/C17H22N2O/c1-4-20-15-10-8-14(9-11-15)17(19-18)16-12(2)6-5-7-13(16)3/h5-11,17,19H,4,18H2,1-3H3. The van der Waals surface area contributed by atoms with Crippen molar-refractivity contribution >= 4 is 0 Å². The monoisotopic (exact) mass is 270 g/mol. The molecule has 0 bridgehead atoms. The molecule has 0 aliphatic rings. The maximum Gasteiger partial charge on any atom is 0.119 e. The minimum atomic E-state index is -0.00752. The fourth-order valence-electron chi connectivity index (χ4n) is 2.55. The molecule has 20 heavy (non-hydrogen) atoms. The van der Waals surface area contributed by atoms with Crippen LogP contribution in [0.3, 0.4) is 0 Å². The minimum Gasteiger partial charge on any atom is -0.494 e. The minimum absolute atomic E-state index is 0.00752. The van der Waals surface area contributed by atoms with Gasteiger partial charge < -0.3 is 4.74 Å². The molecule has 2 aromatic rings. The van der Waals surface area contributed by atoms with Gasteiger partial charge in [0, 0.05) is 0 Å². The molecule has 0 fully saturated rings. The number of rotatable bonds is 5. The smallest absolute Gasteiger partial charge is 0.119 e. The van der Waals surface area contributed by atoms with Gasteiger partial charge in [0.2, 0.25) is 0 Å². The molecule has 0 saturated carbocycles. The largest absolute Gasteiger partial charge is 0.494 e. The number of benzene rings is 2. The van der Waals surface area contributed by atoms with Crippen LogP contribution in [0, 0.1) is 13.8 Å². The zero-order valence-electron chi connectivity index (χ0n) is 12.3. The number of hydrogen-bond acceptors (Lipinski definition) is 3. The lowest BCUT2D eigenvalue weighted by molar-refractivity contribution is 0.340. The van der Waals surface area contributed by atoms with Crippen LogP contribution >= 0.6 is 0 Å². The summed E-state index contributed by atoms with van der Waals surface area (Å²) >= 11 is 0. The Balaban J connectivity index is 2.37. The molecule has 3 heteroatoms. The molecule has 1 unspecified atom stereocenters. The van der Waals surface area contributed by atoms with Crippen LogP contribution in [0.2, 0.25) is 0 Å². The van der Waals surface area contributed by atoms with Crippen molar-refractivity contribution < 1.29 is 4.74 Å². The van der Waals surface area contributed by atoms with Crippen LogP contribution in [0.15, 0.2) is 42.5 Å². The molecular weight excluding hydrogens is 248 g/mol. The highest BCUT2D eigenvalue weighted by Gasteiger charge is 2.16. The molecule has 106 valence electrons. The molecule has 0 saturated heterocycles. The summed E-state index contributed by atoms with van der Waals surface area (Å²) in [5.41, 5.74) is 7.77. The van der Waals surface area contributed by atoms with Crippen molar-refractivity contribution in [3.63, 3.8) is 0 Å². The van der Waals surface area contributed by atoms with Crippen LogP contribution < -0.4 is 16.0 Å². The summed E-state index contributed by atoms with van der Waals surface area (Å²) in [7, 11) is 0. The third-order valence-corrected chi connectivity index (χ3v) is 3.52. The molecule has 3 nitrogen and oxygen atoms in total. The van der Waals surface area contributed by atoms with Gasteiger partial charge in [-0.05, 0) is 55.2 Å². The Hall–Kier alpha value is -1.84. The lowest BCUT2D eigenvalue weighted by Gasteiger charge is -2.21. The van der Waals surface area contributed by atoms with E-state index in [2.05, 4.69) is 49.6 Å². The number of hydrogen-bond donors (Lipinski definition) is 2. The van der Waals surface area contributed by atoms with E-state index in [1.54, 1.807) is 0 Å². The second-order valence-electron chi connectivity index (χ2n) is 4.91. The van der Waals surface area contributed by atoms with Gasteiger partial charge in [-0.15, -0.1) is 0 Å². The lowest BCUT2D eigenvalue weighted by atomic mass is 9.92. The summed E-state index contributed by atoms with van der Waals surface area (Å²) < 4.78 is 5.48. The van der Waals surface area contributed by atoms with E-state index in [-0.39, 0.29) is 6.04 Å². The lowest BCUT2D eigenvalue weighted by Crippen LogP contribution is -2.30. The third kappa shape index (κ3) is 3.00. The van der Waals surface area contributed by atoms with E-state index in [0.29, 0.717) is 6.61 Å². The maximum absolute atomic E-state index is 5.79. The van der Waals surface area contributed by atoms with E-state index in [1.165, 1.54) is 16.7 Å². The second-order valence-corrected chi connectivity index (χ2v) is 4.91. The van der Waals surface area contributed by atoms with E-state index < -0.39 is 0 Å². The fourth-order valence-corrected chi connectivity index (χ4v) is 2.55. The summed E-state index contributed by atoms with van der Waals surface area (Å²) in [4.78, 5) is 0. The number of nitrogens with one attached hydrogen (secondary N) is 1. The van der Waals surface area contributed by atoms with Crippen molar-refractivity contribution in [2.45, 2.75) is 26.8 Å². The molecule has 3 N–H and O–H groups in total. The molecule has 2 rings (SSSR count). The summed E-state index contributed by atoms with van der Waals surface area (Å²) in [5.74, 6) is 6.67. The van der Waals surface area contributed by atoms with Crippen molar-refractivity contribution in [1.82, 2.24) is 5.43 Å². The highest BCUT2D eigenvalue weighted by atomic mass is 16.5. The van der Waals surface area contributed by atoms with E-state index in [4.69, 9.17) is 10.6 Å². The van der Waals surface area contributed by atoms with Gasteiger partial charge in [0.15, 0.2) is 0 Å². The topological polar surface area (TPSA) is 47.3 Å². The van der Waals surface area contributed by atoms with Crippen LogP contribution in [0.5, 0.6) is 5.75 Å². The Labute approximate surface area is 120 Å². The van der Waals surface area contributed by atoms with Gasteiger partial charge in [-0.25, -0.2) is 5.43 Å². The van der Waals surface area contributed by atoms with Crippen molar-refractivity contribution in [3.05, 3.63) is 64.7 Å². The van der Waals surface area contributed by atoms with Crippen LogP contribution in [0.1, 0.15) is 35.2 Å². The maximum atomic E-state index is 5.79. The van der Waals surface area contributed by atoms with Crippen molar-refractivity contribution in [3.8, 4) is 5.75 Å². The molecule has 2 aromatic carbocycles. The summed E-state index contributed by atoms with van der Waals surface area (Å²) in [5, 5.41) is 0. The first kappa shape index (κ1) is 14.6. The van der Waals surface area contributed by atoms with Gasteiger partial charge in [-0.1, -0.05) is 30.3 Å². The number of nitrogens with two attached hydrogens (primary N) is 1. The van der Waals surface area contributed by atoms with Crippen LogP contribution in [-0.2, 0) is 0 Å². The quantitative estimate of drug-likeness (QED) is 0.647. The molecule has 1 atom stereocenters. The average Bonchev–Trinajstić information content (AvgIpc) is 2.45. The Kier molecular flexibility index (Phi) is 4.77. The number of ether oxygens (including phenoxy) is 1. The van der Waals surface area contributed by atoms with E-state index in [1.807, 2.05) is 19.1 Å². The molecule has 0 spiro atoms. The molecule has 0 aliphatic carbocycles. The van der Waals surface area contributed by atoms with Crippen LogP contribution in [0.4, 0.5) is 0 Å². The average molecular weight is 270 g/mol. The van der Waals surface area contributed by atoms with Crippen molar-refractivity contribution in [2.75, 3.05) is 6.61 Å². The first-order valence-electron chi connectivity index (χ1n) is 6.92. The van der Waals surface area contributed by atoms with E-state index in [0.717, 1.165) is 11.3 Å². The first-order valence-corrected chi connectivity index (χ1v) is 6.92. The van der Waals surface area contributed by atoms with Crippen molar-refractivity contribution in [1.29, 1.82) is 0 Å². The highest BCUT2D eigenvalue weighted by Crippen LogP contribution is 2.28. The Morgan fingerprint density at radius 3 is 2.15 bits per heavy atom. The van der Waals surface area contributed by atoms with Gasteiger partial charge in [-0.3, -0.25) is 5.84 Å². The van der Waals surface area contributed by atoms with Crippen molar-refractivity contribution in [2.24, 2.45) is 5.84 Å². The molecule has 0 amide bonds. The fraction of sp³-hybridized carbons (Fsp3) is 0.294. The summed E-state index contributed by atoms with van der Waals surface area (Å²) in [6, 6.07) is 14.4. The van der Waals surface area contributed by atoms with Gasteiger partial charge >= 0.3 is 0 Å². The first-order chi connectivity index (χ1) is 9.67. The number of aryl methyl sites for hydroxylation is 2. The Morgan fingerprint density at radius 1 is 1.05 bits per heavy atom. The predicted octanol–water partition coefficient (Wildman–Crippen LogP) is 3.25. The molecule has 0 aromatic heterocycles. The zero-order valence-corrected chi connectivity index (χ0v) is 12.3. The van der Waals surface area contributed by atoms with Crippen LogP contribution in [-0.4, -0.2) is 6.61 Å². The normalized spacial score (nSPS) is 12.2. The van der Waals surface area contributed by atoms with Gasteiger partial charge in [0.1, 0.15) is 5.75 Å². The summed E-state index contributed by atoms with van der Waals surface area (Å²) in [6.45, 7) is 6.88.